The van der Waals surface area contributed by atoms with Crippen molar-refractivity contribution in [3.8, 4) is 5.06 Å². The van der Waals surface area contributed by atoms with E-state index < -0.39 is 0 Å². The molecule has 4 rings (SSSR count). The first-order chi connectivity index (χ1) is 8.76. The van der Waals surface area contributed by atoms with Crippen molar-refractivity contribution in [2.24, 2.45) is 5.92 Å². The number of methoxy groups -OCH3 is 1. The van der Waals surface area contributed by atoms with E-state index in [4.69, 9.17) is 4.74 Å². The van der Waals surface area contributed by atoms with Gasteiger partial charge < -0.3 is 15.0 Å². The quantitative estimate of drug-likeness (QED) is 0.903. The summed E-state index contributed by atoms with van der Waals surface area (Å²) in [5.74, 6) is 0.711. The van der Waals surface area contributed by atoms with E-state index in [1.807, 2.05) is 12.1 Å². The Kier molecular flexibility index (Phi) is 3.26. The molecule has 3 aliphatic rings. The molecular formula is C13H18N2O2S. The van der Waals surface area contributed by atoms with Crippen molar-refractivity contribution in [3.05, 3.63) is 17.0 Å². The number of nitrogens with zero attached hydrogens (tertiary/aromatic N) is 1. The summed E-state index contributed by atoms with van der Waals surface area (Å²) in [4.78, 5) is 15.3. The summed E-state index contributed by atoms with van der Waals surface area (Å²) >= 11 is 1.40. The first-order valence-corrected chi connectivity index (χ1v) is 7.25. The number of hydrogen-bond acceptors (Lipinski definition) is 4. The Morgan fingerprint density at radius 1 is 1.44 bits per heavy atom. The van der Waals surface area contributed by atoms with Gasteiger partial charge in [0.05, 0.1) is 12.0 Å². The van der Waals surface area contributed by atoms with Gasteiger partial charge in [0, 0.05) is 12.6 Å². The van der Waals surface area contributed by atoms with Gasteiger partial charge in [-0.15, -0.1) is 0 Å². The van der Waals surface area contributed by atoms with E-state index in [2.05, 4.69) is 10.2 Å². The zero-order valence-electron chi connectivity index (χ0n) is 10.5. The van der Waals surface area contributed by atoms with Crippen LogP contribution in [-0.4, -0.2) is 43.6 Å². The Hall–Kier alpha value is -1.07. The fraction of sp³-hybridized carbons (Fsp3) is 0.615. The van der Waals surface area contributed by atoms with Crippen molar-refractivity contribution in [1.82, 2.24) is 10.2 Å². The summed E-state index contributed by atoms with van der Waals surface area (Å²) in [5, 5.41) is 3.96. The van der Waals surface area contributed by atoms with Crippen LogP contribution < -0.4 is 10.1 Å². The maximum Gasteiger partial charge on any atom is 0.261 e. The zero-order chi connectivity index (χ0) is 12.5. The molecule has 0 radical (unpaired) electrons. The molecule has 4 heterocycles. The summed E-state index contributed by atoms with van der Waals surface area (Å²) < 4.78 is 5.11. The summed E-state index contributed by atoms with van der Waals surface area (Å²) in [6, 6.07) is 4.00. The number of carbonyl (C=O) groups excluding carboxylic acids is 1. The monoisotopic (exact) mass is 266 g/mol. The smallest absolute Gasteiger partial charge is 0.261 e. The third-order valence-corrected chi connectivity index (χ3v) is 5.02. The van der Waals surface area contributed by atoms with Crippen LogP contribution in [0.5, 0.6) is 5.06 Å². The molecule has 1 atom stereocenters. The van der Waals surface area contributed by atoms with Gasteiger partial charge in [0.15, 0.2) is 5.06 Å². The fourth-order valence-electron chi connectivity index (χ4n) is 2.92. The average Bonchev–Trinajstić information content (AvgIpc) is 2.89. The Labute approximate surface area is 111 Å². The predicted molar refractivity (Wildman–Crippen MR) is 71.3 cm³/mol. The van der Waals surface area contributed by atoms with Gasteiger partial charge in [0.1, 0.15) is 0 Å². The van der Waals surface area contributed by atoms with Gasteiger partial charge in [-0.25, -0.2) is 0 Å². The highest BCUT2D eigenvalue weighted by Gasteiger charge is 2.35. The van der Waals surface area contributed by atoms with Gasteiger partial charge in [-0.1, -0.05) is 11.3 Å². The van der Waals surface area contributed by atoms with Crippen molar-refractivity contribution < 1.29 is 9.53 Å². The molecular weight excluding hydrogens is 248 g/mol. The second kappa shape index (κ2) is 4.90. The molecule has 18 heavy (non-hydrogen) atoms. The van der Waals surface area contributed by atoms with Gasteiger partial charge in [0.2, 0.25) is 0 Å². The van der Waals surface area contributed by atoms with Crippen LogP contribution in [0.1, 0.15) is 22.5 Å². The highest BCUT2D eigenvalue weighted by molar-refractivity contribution is 7.15. The van der Waals surface area contributed by atoms with Crippen LogP contribution in [0.15, 0.2) is 12.1 Å². The molecule has 2 bridgehead atoms. The number of fused-ring (bicyclic) bond motifs is 3. The Balaban J connectivity index is 1.64. The van der Waals surface area contributed by atoms with Crippen LogP contribution in [0.2, 0.25) is 0 Å². The topological polar surface area (TPSA) is 41.6 Å². The van der Waals surface area contributed by atoms with Crippen LogP contribution in [0.3, 0.4) is 0 Å². The Morgan fingerprint density at radius 2 is 2.22 bits per heavy atom. The first kappa shape index (κ1) is 12.0. The molecule has 1 amide bonds. The molecule has 98 valence electrons. The molecule has 5 heteroatoms. The van der Waals surface area contributed by atoms with E-state index in [1.165, 1.54) is 37.3 Å². The molecule has 3 saturated heterocycles. The lowest BCUT2D eigenvalue weighted by atomic mass is 9.84. The molecule has 4 nitrogen and oxygen atoms in total. The van der Waals surface area contributed by atoms with E-state index in [9.17, 15) is 4.79 Å². The average molecular weight is 266 g/mol. The lowest BCUT2D eigenvalue weighted by Crippen LogP contribution is -2.57. The number of thiophene rings is 1. The zero-order valence-corrected chi connectivity index (χ0v) is 11.3. The minimum atomic E-state index is 0.0436. The van der Waals surface area contributed by atoms with Crippen LogP contribution in [0.25, 0.3) is 0 Å². The summed E-state index contributed by atoms with van der Waals surface area (Å²) in [6.07, 6.45) is 2.44. The minimum absolute atomic E-state index is 0.0436. The summed E-state index contributed by atoms with van der Waals surface area (Å²) in [5.41, 5.74) is 0. The highest BCUT2D eigenvalue weighted by atomic mass is 32.1. The molecule has 0 saturated carbocycles. The number of piperidine rings is 3. The van der Waals surface area contributed by atoms with Crippen molar-refractivity contribution in [3.63, 3.8) is 0 Å². The van der Waals surface area contributed by atoms with Crippen molar-refractivity contribution >= 4 is 17.2 Å². The maximum absolute atomic E-state index is 12.1. The van der Waals surface area contributed by atoms with Crippen molar-refractivity contribution in [2.45, 2.75) is 18.9 Å². The van der Waals surface area contributed by atoms with Gasteiger partial charge in [-0.3, -0.25) is 4.79 Å². The van der Waals surface area contributed by atoms with E-state index in [-0.39, 0.29) is 5.91 Å². The second-order valence-corrected chi connectivity index (χ2v) is 6.09. The third kappa shape index (κ3) is 2.24. The van der Waals surface area contributed by atoms with Crippen molar-refractivity contribution in [1.29, 1.82) is 0 Å². The predicted octanol–water partition coefficient (Wildman–Crippen LogP) is 1.58. The molecule has 1 aromatic heterocycles. The molecule has 0 aliphatic carbocycles. The molecule has 3 fully saturated rings. The fourth-order valence-corrected chi connectivity index (χ4v) is 3.64. The molecule has 1 N–H and O–H groups in total. The molecule has 3 aliphatic heterocycles. The lowest BCUT2D eigenvalue weighted by Gasteiger charge is -2.44. The number of rotatable bonds is 3. The lowest BCUT2D eigenvalue weighted by molar-refractivity contribution is 0.0622. The van der Waals surface area contributed by atoms with Crippen LogP contribution in [-0.2, 0) is 0 Å². The van der Waals surface area contributed by atoms with Gasteiger partial charge in [-0.2, -0.15) is 0 Å². The first-order valence-electron chi connectivity index (χ1n) is 6.43. The minimum Gasteiger partial charge on any atom is -0.487 e. The van der Waals surface area contributed by atoms with Gasteiger partial charge in [-0.05, 0) is 44.0 Å². The largest absolute Gasteiger partial charge is 0.487 e. The standard InChI is InChI=1S/C13H18N2O2S/c1-17-12-3-2-11(18-12)13(16)14-10-8-15-6-4-9(10)5-7-15/h2-3,9-10H,4-8H2,1H3,(H,14,16)/t10-/m0/s1. The van der Waals surface area contributed by atoms with Crippen LogP contribution >= 0.6 is 11.3 Å². The van der Waals surface area contributed by atoms with E-state index >= 15 is 0 Å². The Morgan fingerprint density at radius 3 is 2.78 bits per heavy atom. The number of amides is 1. The molecule has 0 unspecified atom stereocenters. The normalized spacial score (nSPS) is 30.2. The number of ether oxygens (including phenoxy) is 1. The van der Waals surface area contributed by atoms with Gasteiger partial charge in [0.25, 0.3) is 5.91 Å². The number of carbonyl (C=O) groups is 1. The SMILES string of the molecule is COc1ccc(C(=O)N[C@H]2CN3CCC2CC3)s1. The van der Waals surface area contributed by atoms with Gasteiger partial charge >= 0.3 is 0 Å². The molecule has 0 spiro atoms. The van der Waals surface area contributed by atoms with E-state index in [0.717, 1.165) is 16.5 Å². The molecule has 0 aromatic carbocycles. The van der Waals surface area contributed by atoms with E-state index in [0.29, 0.717) is 12.0 Å². The third-order valence-electron chi connectivity index (χ3n) is 3.98. The summed E-state index contributed by atoms with van der Waals surface area (Å²) in [7, 11) is 1.63. The molecule has 1 aromatic rings. The summed E-state index contributed by atoms with van der Waals surface area (Å²) in [6.45, 7) is 3.41. The second-order valence-electron chi connectivity index (χ2n) is 5.04. The van der Waals surface area contributed by atoms with Crippen LogP contribution in [0, 0.1) is 5.92 Å². The Bertz CT molecular complexity index is 438. The maximum atomic E-state index is 12.1. The number of hydrogen-bond donors (Lipinski definition) is 1. The highest BCUT2D eigenvalue weighted by Crippen LogP contribution is 2.28. The van der Waals surface area contributed by atoms with Crippen LogP contribution in [0.4, 0.5) is 0 Å². The van der Waals surface area contributed by atoms with Crippen molar-refractivity contribution in [2.75, 3.05) is 26.7 Å². The number of nitrogens with one attached hydrogen (secondary N) is 1. The van der Waals surface area contributed by atoms with E-state index in [1.54, 1.807) is 7.11 Å².